The van der Waals surface area contributed by atoms with Gasteiger partial charge in [-0.2, -0.15) is 0 Å². The molecule has 0 aliphatic rings. The van der Waals surface area contributed by atoms with Gasteiger partial charge in [0.15, 0.2) is 0 Å². The van der Waals surface area contributed by atoms with E-state index in [1.54, 1.807) is 0 Å². The summed E-state index contributed by atoms with van der Waals surface area (Å²) in [4.78, 5) is 2.66. The molecule has 0 saturated carbocycles. The van der Waals surface area contributed by atoms with Crippen LogP contribution in [0.4, 0.5) is 0 Å². The normalized spacial score (nSPS) is 10.6. The lowest BCUT2D eigenvalue weighted by Crippen LogP contribution is -1.90. The van der Waals surface area contributed by atoms with E-state index in [1.165, 1.54) is 26.5 Å². The first-order valence-corrected chi connectivity index (χ1v) is 8.67. The Morgan fingerprint density at radius 2 is 1.73 bits per heavy atom. The fourth-order valence-corrected chi connectivity index (χ4v) is 3.10. The van der Waals surface area contributed by atoms with E-state index in [-0.39, 0.29) is 0 Å². The molecule has 0 radical (unpaired) electrons. The van der Waals surface area contributed by atoms with Crippen molar-refractivity contribution in [2.45, 2.75) is 39.0 Å². The zero-order valence-corrected chi connectivity index (χ0v) is 14.9. The molecule has 2 aromatic rings. The Bertz CT molecular complexity index is 609. The summed E-state index contributed by atoms with van der Waals surface area (Å²) in [5.41, 5.74) is 3.91. The molecule has 0 unspecified atom stereocenters. The maximum atomic E-state index is 3.87. The number of benzene rings is 2. The molecular formula is C21H26S. The zero-order valence-electron chi connectivity index (χ0n) is 14.1. The van der Waals surface area contributed by atoms with Crippen molar-refractivity contribution in [2.24, 2.45) is 0 Å². The van der Waals surface area contributed by atoms with E-state index in [1.807, 2.05) is 31.7 Å². The first-order valence-electron chi connectivity index (χ1n) is 7.85. The summed E-state index contributed by atoms with van der Waals surface area (Å²) in [6.07, 6.45) is 5.03. The highest BCUT2D eigenvalue weighted by Crippen LogP contribution is 2.38. The molecule has 0 amide bonds. The average Bonchev–Trinajstić information content (AvgIpc) is 2.59. The van der Waals surface area contributed by atoms with Crippen molar-refractivity contribution in [3.05, 3.63) is 77.7 Å². The van der Waals surface area contributed by atoms with Crippen LogP contribution in [0.3, 0.4) is 0 Å². The molecule has 0 saturated heterocycles. The largest absolute Gasteiger partial charge is 0.103 e. The van der Waals surface area contributed by atoms with Crippen LogP contribution in [0.1, 0.15) is 33.3 Å². The van der Waals surface area contributed by atoms with Crippen LogP contribution in [0.5, 0.6) is 0 Å². The fraction of sp³-hybridized carbons (Fsp3) is 0.238. The molecule has 0 nitrogen and oxygen atoms in total. The van der Waals surface area contributed by atoms with Crippen LogP contribution in [0, 0.1) is 0 Å². The van der Waals surface area contributed by atoms with Crippen molar-refractivity contribution in [2.75, 3.05) is 0 Å². The number of rotatable bonds is 5. The van der Waals surface area contributed by atoms with Crippen LogP contribution in [-0.2, 0) is 6.42 Å². The van der Waals surface area contributed by atoms with Crippen molar-refractivity contribution in [1.82, 2.24) is 0 Å². The molecule has 0 aliphatic carbocycles. The molecule has 0 atom stereocenters. The lowest BCUT2D eigenvalue weighted by molar-refractivity contribution is 1.19. The molecule has 116 valence electrons. The third kappa shape index (κ3) is 4.92. The minimum Gasteiger partial charge on any atom is -0.103 e. The Hall–Kier alpha value is -1.73. The van der Waals surface area contributed by atoms with E-state index in [0.29, 0.717) is 0 Å². The van der Waals surface area contributed by atoms with Crippen molar-refractivity contribution in [1.29, 1.82) is 0 Å². The average molecular weight is 311 g/mol. The second-order valence-corrected chi connectivity index (χ2v) is 5.91. The monoisotopic (exact) mass is 310 g/mol. The van der Waals surface area contributed by atoms with Gasteiger partial charge in [0.05, 0.1) is 0 Å². The number of thioether (sulfide) groups is 1. The van der Waals surface area contributed by atoms with Gasteiger partial charge in [0, 0.05) is 4.90 Å². The minimum atomic E-state index is 0.903. The quantitative estimate of drug-likeness (QED) is 0.418. The van der Waals surface area contributed by atoms with Crippen molar-refractivity contribution in [3.8, 4) is 11.1 Å². The molecule has 0 aliphatic heterocycles. The van der Waals surface area contributed by atoms with Crippen LogP contribution in [0.25, 0.3) is 11.1 Å². The summed E-state index contributed by atoms with van der Waals surface area (Å²) in [5.74, 6) is 0. The van der Waals surface area contributed by atoms with Gasteiger partial charge >= 0.3 is 0 Å². The maximum Gasteiger partial charge on any atom is 0.0232 e. The molecule has 0 fully saturated rings. The third-order valence-corrected chi connectivity index (χ3v) is 4.46. The molecule has 22 heavy (non-hydrogen) atoms. The molecule has 0 bridgehead atoms. The Balaban J connectivity index is 0.00000116. The summed E-state index contributed by atoms with van der Waals surface area (Å²) >= 11 is 1.84. The second kappa shape index (κ2) is 10.1. The Labute approximate surface area is 140 Å². The van der Waals surface area contributed by atoms with Gasteiger partial charge in [-0.15, -0.1) is 6.58 Å². The molecule has 0 heterocycles. The number of hydrogen-bond acceptors (Lipinski definition) is 1. The summed E-state index contributed by atoms with van der Waals surface area (Å²) in [5, 5.41) is 0. The summed E-state index contributed by atoms with van der Waals surface area (Å²) in [6.45, 7) is 12.1. The minimum absolute atomic E-state index is 0.903. The number of hydrogen-bond donors (Lipinski definition) is 0. The second-order valence-electron chi connectivity index (χ2n) is 4.65. The van der Waals surface area contributed by atoms with Gasteiger partial charge in [-0.05, 0) is 41.9 Å². The summed E-state index contributed by atoms with van der Waals surface area (Å²) < 4.78 is 0. The van der Waals surface area contributed by atoms with Crippen molar-refractivity contribution >= 4 is 11.8 Å². The van der Waals surface area contributed by atoms with Gasteiger partial charge in [0.1, 0.15) is 0 Å². The van der Waals surface area contributed by atoms with Gasteiger partial charge in [-0.3, -0.25) is 0 Å². The van der Waals surface area contributed by atoms with Gasteiger partial charge < -0.3 is 0 Å². The van der Waals surface area contributed by atoms with E-state index in [4.69, 9.17) is 0 Å². The number of allylic oxidation sites excluding steroid dienone is 3. The van der Waals surface area contributed by atoms with Crippen LogP contribution < -0.4 is 0 Å². The van der Waals surface area contributed by atoms with Gasteiger partial charge in [-0.1, -0.05) is 86.3 Å². The molecule has 0 spiro atoms. The van der Waals surface area contributed by atoms with Crippen molar-refractivity contribution < 1.29 is 0 Å². The Morgan fingerprint density at radius 3 is 2.32 bits per heavy atom. The first kappa shape index (κ1) is 18.3. The maximum absolute atomic E-state index is 3.87. The molecule has 2 rings (SSSR count). The predicted molar refractivity (Wildman–Crippen MR) is 102 cm³/mol. The van der Waals surface area contributed by atoms with Gasteiger partial charge in [0.25, 0.3) is 0 Å². The standard InChI is InChI=1S/C19H20S.C2H6/c1-4-10-17-13-9-14-18(16-11-7-6-8-12-16)19(17)20-15(3)5-2;1-2/h4-9,11-14H,1,10H2,2-3H3;1-2H3/b15-5-;. The fourth-order valence-electron chi connectivity index (χ4n) is 2.09. The smallest absolute Gasteiger partial charge is 0.0232 e. The van der Waals surface area contributed by atoms with Gasteiger partial charge in [-0.25, -0.2) is 0 Å². The van der Waals surface area contributed by atoms with E-state index in [0.717, 1.165) is 6.42 Å². The molecule has 0 N–H and O–H groups in total. The molecule has 0 aromatic heterocycles. The van der Waals surface area contributed by atoms with E-state index >= 15 is 0 Å². The highest BCUT2D eigenvalue weighted by Gasteiger charge is 2.10. The topological polar surface area (TPSA) is 0 Å². The lowest BCUT2D eigenvalue weighted by Gasteiger charge is -2.14. The zero-order chi connectivity index (χ0) is 16.4. The highest BCUT2D eigenvalue weighted by molar-refractivity contribution is 8.03. The summed E-state index contributed by atoms with van der Waals surface area (Å²) in [7, 11) is 0. The predicted octanol–water partition coefficient (Wildman–Crippen LogP) is 7.12. The summed E-state index contributed by atoms with van der Waals surface area (Å²) in [6, 6.07) is 17.1. The third-order valence-electron chi connectivity index (χ3n) is 3.22. The SMILES string of the molecule is C=CCc1cccc(-c2ccccc2)c1S/C(C)=C\C.CC. The molecule has 1 heteroatoms. The van der Waals surface area contributed by atoms with Crippen LogP contribution >= 0.6 is 11.8 Å². The first-order chi connectivity index (χ1) is 10.8. The molecular weight excluding hydrogens is 284 g/mol. The van der Waals surface area contributed by atoms with E-state index < -0.39 is 0 Å². The van der Waals surface area contributed by atoms with Crippen molar-refractivity contribution in [3.63, 3.8) is 0 Å². The highest BCUT2D eigenvalue weighted by atomic mass is 32.2. The molecule has 2 aromatic carbocycles. The van der Waals surface area contributed by atoms with Crippen LogP contribution in [0.15, 0.2) is 77.1 Å². The Morgan fingerprint density at radius 1 is 1.05 bits per heavy atom. The Kier molecular flexibility index (Phi) is 8.39. The van der Waals surface area contributed by atoms with Crippen LogP contribution in [-0.4, -0.2) is 0 Å². The lowest BCUT2D eigenvalue weighted by atomic mass is 10.0. The van der Waals surface area contributed by atoms with E-state index in [2.05, 4.69) is 75.0 Å². The van der Waals surface area contributed by atoms with Crippen LogP contribution in [0.2, 0.25) is 0 Å². The van der Waals surface area contributed by atoms with Gasteiger partial charge in [0.2, 0.25) is 0 Å². The van der Waals surface area contributed by atoms with E-state index in [9.17, 15) is 0 Å².